The van der Waals surface area contributed by atoms with Crippen LogP contribution in [0.2, 0.25) is 0 Å². The Kier molecular flexibility index (Phi) is 4.95. The molecule has 0 atom stereocenters. The summed E-state index contributed by atoms with van der Waals surface area (Å²) in [5, 5.41) is 0. The van der Waals surface area contributed by atoms with E-state index in [1.54, 1.807) is 48.5 Å². The molecule has 142 valence electrons. The van der Waals surface area contributed by atoms with Gasteiger partial charge in [-0.15, -0.1) is 0 Å². The summed E-state index contributed by atoms with van der Waals surface area (Å²) in [5.74, 6) is -0.513. The number of halogens is 3. The number of allylic oxidation sites excluding steroid dienone is 2. The smallest absolute Gasteiger partial charge is 0.165 e. The fraction of sp³-hybridized carbons (Fsp3) is 0.167. The summed E-state index contributed by atoms with van der Waals surface area (Å²) >= 11 is 0. The van der Waals surface area contributed by atoms with E-state index < -0.39 is 5.82 Å². The molecule has 4 heteroatoms. The van der Waals surface area contributed by atoms with Crippen molar-refractivity contribution in [1.29, 1.82) is 0 Å². The number of rotatable bonds is 6. The zero-order chi connectivity index (χ0) is 19.6. The summed E-state index contributed by atoms with van der Waals surface area (Å²) in [6, 6.07) is 19.5. The van der Waals surface area contributed by atoms with Crippen LogP contribution in [-0.4, -0.2) is 0 Å². The molecule has 1 aliphatic carbocycles. The molecule has 0 radical (unpaired) electrons. The van der Waals surface area contributed by atoms with E-state index in [1.807, 2.05) is 6.07 Å². The van der Waals surface area contributed by atoms with Crippen molar-refractivity contribution in [3.63, 3.8) is 0 Å². The summed E-state index contributed by atoms with van der Waals surface area (Å²) in [4.78, 5) is 0. The second kappa shape index (κ2) is 7.55. The van der Waals surface area contributed by atoms with Crippen molar-refractivity contribution in [2.24, 2.45) is 0 Å². The molecule has 0 saturated heterocycles. The van der Waals surface area contributed by atoms with Crippen molar-refractivity contribution in [1.82, 2.24) is 0 Å². The Morgan fingerprint density at radius 2 is 1.64 bits per heavy atom. The highest BCUT2D eigenvalue weighted by Crippen LogP contribution is 2.50. The minimum absolute atomic E-state index is 0.0500. The van der Waals surface area contributed by atoms with E-state index in [2.05, 4.69) is 0 Å². The number of hydrogen-bond donors (Lipinski definition) is 0. The van der Waals surface area contributed by atoms with Crippen LogP contribution in [0, 0.1) is 11.6 Å². The van der Waals surface area contributed by atoms with Gasteiger partial charge in [0.25, 0.3) is 0 Å². The summed E-state index contributed by atoms with van der Waals surface area (Å²) in [6.07, 6.45) is 3.32. The summed E-state index contributed by atoms with van der Waals surface area (Å²) in [6.45, 7) is 0. The molecule has 0 bridgehead atoms. The van der Waals surface area contributed by atoms with Gasteiger partial charge in [-0.05, 0) is 66.4 Å². The molecule has 1 saturated carbocycles. The van der Waals surface area contributed by atoms with Crippen molar-refractivity contribution >= 4 is 0 Å². The van der Waals surface area contributed by atoms with Crippen LogP contribution >= 0.6 is 0 Å². The second-order valence-corrected chi connectivity index (χ2v) is 7.11. The first kappa shape index (κ1) is 18.4. The Bertz CT molecular complexity index is 990. The number of benzene rings is 3. The molecule has 1 nitrogen and oxygen atoms in total. The Hall–Kier alpha value is -3.01. The van der Waals surface area contributed by atoms with Gasteiger partial charge in [0.1, 0.15) is 17.4 Å². The van der Waals surface area contributed by atoms with Gasteiger partial charge < -0.3 is 4.74 Å². The fourth-order valence-electron chi connectivity index (χ4n) is 3.33. The van der Waals surface area contributed by atoms with Crippen LogP contribution in [0.5, 0.6) is 11.5 Å². The standard InChI is InChI=1S/C24H19F3O/c25-19-9-7-18(8-10-19)24(12-13-24)16-20(26)14-17-6-11-22(27)23(15-17)28-21-4-2-1-3-5-21/h1-11,15-16H,12-14H2/b20-16-. The molecule has 1 fully saturated rings. The molecular formula is C24H19F3O. The SMILES string of the molecule is F/C(=C\C1(c2ccc(F)cc2)CC1)Cc1ccc(F)c(Oc2ccccc2)c1. The van der Waals surface area contributed by atoms with Gasteiger partial charge in [0, 0.05) is 11.8 Å². The number of para-hydroxylation sites is 1. The second-order valence-electron chi connectivity index (χ2n) is 7.11. The third-order valence-electron chi connectivity index (χ3n) is 4.98. The molecule has 1 aliphatic rings. The van der Waals surface area contributed by atoms with Crippen LogP contribution in [0.3, 0.4) is 0 Å². The van der Waals surface area contributed by atoms with E-state index in [0.29, 0.717) is 11.3 Å². The van der Waals surface area contributed by atoms with Gasteiger partial charge in [-0.1, -0.05) is 36.4 Å². The lowest BCUT2D eigenvalue weighted by molar-refractivity contribution is 0.441. The molecule has 0 unspecified atom stereocenters. The quantitative estimate of drug-likeness (QED) is 0.453. The summed E-state index contributed by atoms with van der Waals surface area (Å²) < 4.78 is 47.5. The van der Waals surface area contributed by atoms with E-state index in [9.17, 15) is 13.2 Å². The molecule has 3 aromatic carbocycles. The van der Waals surface area contributed by atoms with Crippen LogP contribution in [0.1, 0.15) is 24.0 Å². The Balaban J connectivity index is 1.51. The topological polar surface area (TPSA) is 9.23 Å². The zero-order valence-electron chi connectivity index (χ0n) is 15.2. The highest BCUT2D eigenvalue weighted by Gasteiger charge is 2.42. The maximum Gasteiger partial charge on any atom is 0.165 e. The van der Waals surface area contributed by atoms with Gasteiger partial charge in [-0.25, -0.2) is 13.2 Å². The van der Waals surface area contributed by atoms with Gasteiger partial charge in [0.05, 0.1) is 0 Å². The Morgan fingerprint density at radius 3 is 2.32 bits per heavy atom. The van der Waals surface area contributed by atoms with E-state index >= 15 is 0 Å². The Morgan fingerprint density at radius 1 is 0.929 bits per heavy atom. The van der Waals surface area contributed by atoms with Gasteiger partial charge >= 0.3 is 0 Å². The molecule has 0 heterocycles. The zero-order valence-corrected chi connectivity index (χ0v) is 15.2. The van der Waals surface area contributed by atoms with E-state index in [0.717, 1.165) is 18.4 Å². The summed E-state index contributed by atoms with van der Waals surface area (Å²) in [5.41, 5.74) is 1.17. The molecule has 0 aliphatic heterocycles. The Labute approximate surface area is 162 Å². The highest BCUT2D eigenvalue weighted by atomic mass is 19.1. The minimum Gasteiger partial charge on any atom is -0.454 e. The van der Waals surface area contributed by atoms with Crippen molar-refractivity contribution in [3.05, 3.63) is 107 Å². The van der Waals surface area contributed by atoms with Gasteiger partial charge in [0.2, 0.25) is 0 Å². The normalized spacial score (nSPS) is 15.3. The third kappa shape index (κ3) is 4.11. The lowest BCUT2D eigenvalue weighted by Gasteiger charge is -2.12. The average Bonchev–Trinajstić information content (AvgIpc) is 3.46. The van der Waals surface area contributed by atoms with Crippen molar-refractivity contribution in [2.45, 2.75) is 24.7 Å². The lowest BCUT2D eigenvalue weighted by Crippen LogP contribution is -2.04. The van der Waals surface area contributed by atoms with Gasteiger partial charge in [-0.3, -0.25) is 0 Å². The summed E-state index contributed by atoms with van der Waals surface area (Å²) in [7, 11) is 0. The number of ether oxygens (including phenoxy) is 1. The molecule has 0 aromatic heterocycles. The van der Waals surface area contributed by atoms with Gasteiger partial charge in [-0.2, -0.15) is 0 Å². The third-order valence-corrected chi connectivity index (χ3v) is 4.98. The number of hydrogen-bond acceptors (Lipinski definition) is 1. The van der Waals surface area contributed by atoms with E-state index in [4.69, 9.17) is 4.74 Å². The predicted molar refractivity (Wildman–Crippen MR) is 103 cm³/mol. The van der Waals surface area contributed by atoms with Crippen LogP contribution in [-0.2, 0) is 11.8 Å². The predicted octanol–water partition coefficient (Wildman–Crippen LogP) is 6.88. The van der Waals surface area contributed by atoms with Gasteiger partial charge in [0.15, 0.2) is 11.6 Å². The van der Waals surface area contributed by atoms with Crippen molar-refractivity contribution in [2.75, 3.05) is 0 Å². The highest BCUT2D eigenvalue weighted by molar-refractivity contribution is 5.40. The monoisotopic (exact) mass is 380 g/mol. The molecule has 0 spiro atoms. The minimum atomic E-state index is -0.498. The van der Waals surface area contributed by atoms with E-state index in [1.165, 1.54) is 24.3 Å². The van der Waals surface area contributed by atoms with Crippen LogP contribution in [0.4, 0.5) is 13.2 Å². The lowest BCUT2D eigenvalue weighted by atomic mass is 9.94. The molecule has 28 heavy (non-hydrogen) atoms. The molecule has 0 N–H and O–H groups in total. The first-order valence-electron chi connectivity index (χ1n) is 9.19. The van der Waals surface area contributed by atoms with Crippen LogP contribution in [0.15, 0.2) is 84.7 Å². The van der Waals surface area contributed by atoms with Crippen molar-refractivity contribution < 1.29 is 17.9 Å². The fourth-order valence-corrected chi connectivity index (χ4v) is 3.33. The first-order valence-corrected chi connectivity index (χ1v) is 9.19. The first-order chi connectivity index (χ1) is 13.5. The molecule has 3 aromatic rings. The maximum atomic E-state index is 14.7. The largest absolute Gasteiger partial charge is 0.454 e. The van der Waals surface area contributed by atoms with Crippen molar-refractivity contribution in [3.8, 4) is 11.5 Å². The molecule has 4 rings (SSSR count). The molecular weight excluding hydrogens is 361 g/mol. The van der Waals surface area contributed by atoms with Crippen LogP contribution in [0.25, 0.3) is 0 Å². The molecule has 0 amide bonds. The maximum absolute atomic E-state index is 14.7. The average molecular weight is 380 g/mol. The van der Waals surface area contributed by atoms with Crippen LogP contribution < -0.4 is 4.74 Å². The van der Waals surface area contributed by atoms with E-state index in [-0.39, 0.29) is 29.2 Å².